The van der Waals surface area contributed by atoms with Gasteiger partial charge in [-0.15, -0.1) is 0 Å². The number of hydrogen-bond acceptors (Lipinski definition) is 4. The monoisotopic (exact) mass is 478 g/mol. The molecule has 2 heterocycles. The van der Waals surface area contributed by atoms with Crippen LogP contribution in [0.25, 0.3) is 0 Å². The third-order valence-electron chi connectivity index (χ3n) is 6.67. The van der Waals surface area contributed by atoms with E-state index in [9.17, 15) is 4.79 Å². The van der Waals surface area contributed by atoms with E-state index in [4.69, 9.17) is 4.98 Å². The second-order valence-corrected chi connectivity index (χ2v) is 9.11. The van der Waals surface area contributed by atoms with Crippen LogP contribution in [0.15, 0.2) is 103 Å². The molecule has 0 bridgehead atoms. The van der Waals surface area contributed by atoms with Gasteiger partial charge in [-0.25, -0.2) is 4.98 Å². The van der Waals surface area contributed by atoms with E-state index in [1.54, 1.807) is 0 Å². The van der Waals surface area contributed by atoms with Crippen molar-refractivity contribution in [2.45, 2.75) is 39.4 Å². The predicted molar refractivity (Wildman–Crippen MR) is 147 cm³/mol. The van der Waals surface area contributed by atoms with Gasteiger partial charge >= 0.3 is 0 Å². The molecule has 0 unspecified atom stereocenters. The van der Waals surface area contributed by atoms with Crippen molar-refractivity contribution in [3.8, 4) is 0 Å². The molecule has 0 saturated heterocycles. The first-order valence-electron chi connectivity index (χ1n) is 12.3. The number of aryl methyl sites for hydroxylation is 2. The molecule has 5 rings (SSSR count). The van der Waals surface area contributed by atoms with E-state index in [0.717, 1.165) is 47.7 Å². The van der Waals surface area contributed by atoms with Gasteiger partial charge in [0.1, 0.15) is 5.82 Å². The molecule has 184 valence electrons. The van der Waals surface area contributed by atoms with E-state index in [1.807, 2.05) is 47.9 Å². The summed E-state index contributed by atoms with van der Waals surface area (Å²) in [7, 11) is 0. The van der Waals surface area contributed by atoms with Crippen molar-refractivity contribution in [2.24, 2.45) is 5.73 Å². The lowest BCUT2D eigenvalue weighted by Crippen LogP contribution is -2.39. The number of benzene rings is 3. The summed E-state index contributed by atoms with van der Waals surface area (Å²) >= 11 is 0. The molecule has 0 saturated carbocycles. The second kappa shape index (κ2) is 11.6. The van der Waals surface area contributed by atoms with Crippen molar-refractivity contribution in [3.05, 3.63) is 147 Å². The highest BCUT2D eigenvalue weighted by molar-refractivity contribution is 5.35. The molecule has 36 heavy (non-hydrogen) atoms. The van der Waals surface area contributed by atoms with E-state index in [2.05, 4.69) is 72.7 Å². The number of nitrogens with two attached hydrogens (primary N) is 1. The fourth-order valence-corrected chi connectivity index (χ4v) is 4.90. The van der Waals surface area contributed by atoms with Gasteiger partial charge < -0.3 is 5.73 Å². The normalized spacial score (nSPS) is 13.0. The topological polar surface area (TPSA) is 64.2 Å². The van der Waals surface area contributed by atoms with Crippen LogP contribution in [0.5, 0.6) is 0 Å². The molecular formula is C31H34N4O. The predicted octanol–water partition coefficient (Wildman–Crippen LogP) is 5.14. The number of nitrogens with zero attached hydrogens (tertiary/aromatic N) is 3. The van der Waals surface area contributed by atoms with Crippen LogP contribution in [0.2, 0.25) is 0 Å². The Morgan fingerprint density at radius 1 is 0.944 bits per heavy atom. The molecule has 5 heteroatoms. The molecule has 0 amide bonds. The summed E-state index contributed by atoms with van der Waals surface area (Å²) in [5.74, 6) is 0.759. The van der Waals surface area contributed by atoms with Gasteiger partial charge in [-0.2, -0.15) is 0 Å². The first-order chi connectivity index (χ1) is 17.5. The van der Waals surface area contributed by atoms with Gasteiger partial charge in [0.25, 0.3) is 5.56 Å². The lowest BCUT2D eigenvalue weighted by Gasteiger charge is -2.30. The summed E-state index contributed by atoms with van der Waals surface area (Å²) in [6.07, 6.45) is 1.98. The van der Waals surface area contributed by atoms with Crippen LogP contribution < -0.4 is 11.3 Å². The summed E-state index contributed by atoms with van der Waals surface area (Å²) in [6.45, 7) is 9.71. The Labute approximate surface area is 213 Å². The lowest BCUT2D eigenvalue weighted by molar-refractivity contribution is 0.238. The van der Waals surface area contributed by atoms with Crippen LogP contribution in [0.1, 0.15) is 45.4 Å². The fourth-order valence-electron chi connectivity index (χ4n) is 4.90. The summed E-state index contributed by atoms with van der Waals surface area (Å²) in [4.78, 5) is 21.2. The van der Waals surface area contributed by atoms with Gasteiger partial charge in [0.15, 0.2) is 0 Å². The quantitative estimate of drug-likeness (QED) is 0.431. The highest BCUT2D eigenvalue weighted by atomic mass is 16.1. The minimum atomic E-state index is -0.192. The molecule has 0 aliphatic carbocycles. The fraction of sp³-hybridized carbons (Fsp3) is 0.226. The standard InChI is InChI=1S/C29H29N3O.C2H5N/c1-21-11-9-10-16-25(21)19-31-18-17-26-27(20-31)30-22(2)32(29(26)33)28(23-12-5-3-6-13-23)24-14-7-4-8-15-24;1-2-3/h3-16,28H,17-20H2,1-2H3;2H,1,3H2. The molecule has 4 aromatic rings. The molecule has 0 radical (unpaired) electrons. The SMILES string of the molecule is C=CN.Cc1ccccc1CN1CCc2c(nc(C)n(C(c3ccccc3)c3ccccc3)c2=O)C1. The number of hydrogen-bond donors (Lipinski definition) is 1. The van der Waals surface area contributed by atoms with Crippen molar-refractivity contribution in [1.29, 1.82) is 0 Å². The molecule has 0 fully saturated rings. The molecule has 0 atom stereocenters. The third kappa shape index (κ3) is 5.47. The van der Waals surface area contributed by atoms with Crippen molar-refractivity contribution in [2.75, 3.05) is 6.54 Å². The zero-order valence-corrected chi connectivity index (χ0v) is 21.1. The Morgan fingerprint density at radius 3 is 2.08 bits per heavy atom. The van der Waals surface area contributed by atoms with Crippen LogP contribution in [0, 0.1) is 13.8 Å². The van der Waals surface area contributed by atoms with Crippen molar-refractivity contribution in [3.63, 3.8) is 0 Å². The van der Waals surface area contributed by atoms with Crippen LogP contribution >= 0.6 is 0 Å². The van der Waals surface area contributed by atoms with Gasteiger partial charge in [0.05, 0.1) is 11.7 Å². The van der Waals surface area contributed by atoms with E-state index in [-0.39, 0.29) is 11.6 Å². The summed E-state index contributed by atoms with van der Waals surface area (Å²) in [5.41, 5.74) is 11.3. The van der Waals surface area contributed by atoms with Crippen LogP contribution in [-0.2, 0) is 19.5 Å². The van der Waals surface area contributed by atoms with Gasteiger partial charge in [-0.3, -0.25) is 14.3 Å². The number of aromatic nitrogens is 2. The van der Waals surface area contributed by atoms with Crippen LogP contribution in [0.3, 0.4) is 0 Å². The largest absolute Gasteiger partial charge is 0.405 e. The molecule has 1 aliphatic heterocycles. The van der Waals surface area contributed by atoms with Crippen molar-refractivity contribution < 1.29 is 0 Å². The van der Waals surface area contributed by atoms with Crippen molar-refractivity contribution in [1.82, 2.24) is 14.5 Å². The molecule has 0 spiro atoms. The number of fused-ring (bicyclic) bond motifs is 1. The molecule has 1 aliphatic rings. The summed E-state index contributed by atoms with van der Waals surface area (Å²) in [5, 5.41) is 0. The minimum Gasteiger partial charge on any atom is -0.405 e. The zero-order chi connectivity index (χ0) is 25.5. The maximum Gasteiger partial charge on any atom is 0.257 e. The zero-order valence-electron chi connectivity index (χ0n) is 21.1. The molecule has 5 nitrogen and oxygen atoms in total. The Kier molecular flexibility index (Phi) is 8.13. The van der Waals surface area contributed by atoms with Crippen LogP contribution in [-0.4, -0.2) is 21.0 Å². The lowest BCUT2D eigenvalue weighted by atomic mass is 9.97. The highest BCUT2D eigenvalue weighted by Gasteiger charge is 2.26. The van der Waals surface area contributed by atoms with Gasteiger partial charge in [0, 0.05) is 25.2 Å². The first-order valence-corrected chi connectivity index (χ1v) is 12.3. The van der Waals surface area contributed by atoms with E-state index < -0.39 is 0 Å². The minimum absolute atomic E-state index is 0.0887. The molecule has 1 aromatic heterocycles. The average Bonchev–Trinajstić information content (AvgIpc) is 2.89. The maximum absolute atomic E-state index is 13.8. The maximum atomic E-state index is 13.8. The first kappa shape index (κ1) is 25.1. The Morgan fingerprint density at radius 2 is 1.50 bits per heavy atom. The Balaban J connectivity index is 0.000000967. The summed E-state index contributed by atoms with van der Waals surface area (Å²) < 4.78 is 1.89. The van der Waals surface area contributed by atoms with Gasteiger partial charge in [-0.05, 0) is 48.7 Å². The highest BCUT2D eigenvalue weighted by Crippen LogP contribution is 2.27. The molecular weight excluding hydrogens is 444 g/mol. The Hall–Kier alpha value is -3.96. The van der Waals surface area contributed by atoms with E-state index >= 15 is 0 Å². The molecule has 3 aromatic carbocycles. The van der Waals surface area contributed by atoms with Gasteiger partial charge in [-0.1, -0.05) is 91.5 Å². The van der Waals surface area contributed by atoms with E-state index in [1.165, 1.54) is 17.3 Å². The van der Waals surface area contributed by atoms with Gasteiger partial charge in [0.2, 0.25) is 0 Å². The van der Waals surface area contributed by atoms with Crippen LogP contribution in [0.4, 0.5) is 0 Å². The van der Waals surface area contributed by atoms with E-state index in [0.29, 0.717) is 6.54 Å². The van der Waals surface area contributed by atoms with Crippen molar-refractivity contribution >= 4 is 0 Å². The second-order valence-electron chi connectivity index (χ2n) is 9.11. The smallest absolute Gasteiger partial charge is 0.257 e. The third-order valence-corrected chi connectivity index (χ3v) is 6.67. The average molecular weight is 479 g/mol. The summed E-state index contributed by atoms with van der Waals surface area (Å²) in [6, 6.07) is 28.8. The molecule has 2 N–H and O–H groups in total. The Bertz CT molecular complexity index is 1320. The number of rotatable bonds is 5.